The summed E-state index contributed by atoms with van der Waals surface area (Å²) in [5.41, 5.74) is 2.24. The van der Waals surface area contributed by atoms with Crippen molar-refractivity contribution >= 4 is 23.0 Å². The van der Waals surface area contributed by atoms with Crippen LogP contribution in [0.4, 0.5) is 0 Å². The van der Waals surface area contributed by atoms with E-state index in [9.17, 15) is 9.90 Å². The van der Waals surface area contributed by atoms with Crippen molar-refractivity contribution in [3.63, 3.8) is 0 Å². The fourth-order valence-corrected chi connectivity index (χ4v) is 2.12. The zero-order chi connectivity index (χ0) is 14.4. The Balaban J connectivity index is 0.00000220. The Labute approximate surface area is 136 Å². The van der Waals surface area contributed by atoms with Crippen LogP contribution >= 0.6 is 17.0 Å². The van der Waals surface area contributed by atoms with E-state index in [-0.39, 0.29) is 17.0 Å². The molecule has 0 spiro atoms. The Hall–Kier alpha value is -1.65. The van der Waals surface area contributed by atoms with E-state index >= 15 is 0 Å². The van der Waals surface area contributed by atoms with Gasteiger partial charge >= 0.3 is 5.97 Å². The number of hydrogen-bond acceptors (Lipinski definition) is 2. The normalized spacial score (nSPS) is 11.7. The van der Waals surface area contributed by atoms with E-state index in [1.165, 1.54) is 0 Å². The molecule has 0 saturated carbocycles. The van der Waals surface area contributed by atoms with Crippen molar-refractivity contribution in [1.29, 1.82) is 0 Å². The van der Waals surface area contributed by atoms with Gasteiger partial charge in [0.25, 0.3) is 0 Å². The maximum absolute atomic E-state index is 11.3. The fraction of sp³-hybridized carbons (Fsp3) is 0.235. The van der Waals surface area contributed by atoms with E-state index in [0.717, 1.165) is 11.1 Å². The third kappa shape index (κ3) is 5.33. The summed E-state index contributed by atoms with van der Waals surface area (Å²) in [6.07, 6.45) is 0. The van der Waals surface area contributed by atoms with Crippen molar-refractivity contribution in [2.75, 3.05) is 0 Å². The van der Waals surface area contributed by atoms with Crippen LogP contribution in [0.25, 0.3) is 0 Å². The Morgan fingerprint density at radius 3 is 1.67 bits per heavy atom. The molecule has 0 amide bonds. The first kappa shape index (κ1) is 17.4. The number of carboxylic acid groups (broad SMARTS) is 1. The summed E-state index contributed by atoms with van der Waals surface area (Å²) in [6, 6.07) is 19.4. The van der Waals surface area contributed by atoms with Gasteiger partial charge < -0.3 is 5.11 Å². The molecule has 21 heavy (non-hydrogen) atoms. The molecule has 1 N–H and O–H groups in total. The SMILES string of the molecule is Br.C[C@@H](C(=O)O)N(Cc1ccccc1)Cc1ccccc1. The molecule has 2 aromatic carbocycles. The maximum atomic E-state index is 11.3. The standard InChI is InChI=1S/C17H19NO2.BrH/c1-14(17(19)20)18(12-15-8-4-2-5-9-15)13-16-10-6-3-7-11-16;/h2-11,14H,12-13H2,1H3,(H,19,20);1H/t14-;/m0./s1. The number of halogens is 1. The summed E-state index contributed by atoms with van der Waals surface area (Å²) >= 11 is 0. The molecule has 0 aliphatic rings. The highest BCUT2D eigenvalue weighted by atomic mass is 79.9. The average Bonchev–Trinajstić information content (AvgIpc) is 2.48. The van der Waals surface area contributed by atoms with Crippen LogP contribution in [0.2, 0.25) is 0 Å². The first-order valence-electron chi connectivity index (χ1n) is 6.71. The van der Waals surface area contributed by atoms with E-state index in [1.807, 2.05) is 65.6 Å². The van der Waals surface area contributed by atoms with E-state index in [4.69, 9.17) is 0 Å². The van der Waals surface area contributed by atoms with Crippen LogP contribution in [0, 0.1) is 0 Å². The number of nitrogens with zero attached hydrogens (tertiary/aromatic N) is 1. The van der Waals surface area contributed by atoms with Crippen LogP contribution in [-0.4, -0.2) is 22.0 Å². The van der Waals surface area contributed by atoms with Gasteiger partial charge in [-0.1, -0.05) is 60.7 Å². The van der Waals surface area contributed by atoms with Crippen molar-refractivity contribution < 1.29 is 9.90 Å². The third-order valence-corrected chi connectivity index (χ3v) is 3.36. The van der Waals surface area contributed by atoms with Crippen LogP contribution < -0.4 is 0 Å². The predicted octanol–water partition coefficient (Wildman–Crippen LogP) is 3.74. The van der Waals surface area contributed by atoms with Gasteiger partial charge in [0.2, 0.25) is 0 Å². The molecule has 0 aliphatic carbocycles. The molecule has 0 fully saturated rings. The zero-order valence-electron chi connectivity index (χ0n) is 12.0. The first-order chi connectivity index (χ1) is 9.66. The molecular formula is C17H20BrNO2. The van der Waals surface area contributed by atoms with Gasteiger partial charge in [0.1, 0.15) is 6.04 Å². The van der Waals surface area contributed by atoms with Crippen LogP contribution in [0.1, 0.15) is 18.1 Å². The number of aliphatic carboxylic acids is 1. The molecule has 0 radical (unpaired) electrons. The lowest BCUT2D eigenvalue weighted by Crippen LogP contribution is -2.37. The van der Waals surface area contributed by atoms with Gasteiger partial charge in [-0.2, -0.15) is 0 Å². The van der Waals surface area contributed by atoms with Gasteiger partial charge in [0, 0.05) is 13.1 Å². The summed E-state index contributed by atoms with van der Waals surface area (Å²) < 4.78 is 0. The van der Waals surface area contributed by atoms with Gasteiger partial charge in [0.05, 0.1) is 0 Å². The Morgan fingerprint density at radius 1 is 0.952 bits per heavy atom. The summed E-state index contributed by atoms with van der Waals surface area (Å²) in [4.78, 5) is 13.2. The lowest BCUT2D eigenvalue weighted by atomic mass is 10.1. The van der Waals surface area contributed by atoms with Crippen molar-refractivity contribution in [2.24, 2.45) is 0 Å². The highest BCUT2D eigenvalue weighted by Gasteiger charge is 2.20. The van der Waals surface area contributed by atoms with Gasteiger partial charge in [-0.15, -0.1) is 17.0 Å². The highest BCUT2D eigenvalue weighted by molar-refractivity contribution is 8.93. The molecule has 0 saturated heterocycles. The van der Waals surface area contributed by atoms with E-state index in [0.29, 0.717) is 13.1 Å². The van der Waals surface area contributed by atoms with E-state index in [2.05, 4.69) is 0 Å². The van der Waals surface area contributed by atoms with Gasteiger partial charge in [-0.25, -0.2) is 0 Å². The van der Waals surface area contributed by atoms with Gasteiger partial charge in [-0.3, -0.25) is 9.69 Å². The van der Waals surface area contributed by atoms with Crippen LogP contribution in [0.5, 0.6) is 0 Å². The largest absolute Gasteiger partial charge is 0.480 e. The molecule has 0 bridgehead atoms. The molecular weight excluding hydrogens is 330 g/mol. The Bertz CT molecular complexity index is 504. The molecule has 2 rings (SSSR count). The van der Waals surface area contributed by atoms with E-state index in [1.54, 1.807) is 6.92 Å². The molecule has 0 heterocycles. The monoisotopic (exact) mass is 349 g/mol. The summed E-state index contributed by atoms with van der Waals surface area (Å²) in [5, 5.41) is 9.27. The van der Waals surface area contributed by atoms with Crippen LogP contribution in [0.15, 0.2) is 60.7 Å². The molecule has 2 aromatic rings. The first-order valence-corrected chi connectivity index (χ1v) is 6.71. The zero-order valence-corrected chi connectivity index (χ0v) is 13.7. The highest BCUT2D eigenvalue weighted by Crippen LogP contribution is 2.13. The predicted molar refractivity (Wildman–Crippen MR) is 89.6 cm³/mol. The Kier molecular flexibility index (Phi) is 7.12. The average molecular weight is 350 g/mol. The van der Waals surface area contributed by atoms with Crippen LogP contribution in [0.3, 0.4) is 0 Å². The van der Waals surface area contributed by atoms with E-state index < -0.39 is 12.0 Å². The lowest BCUT2D eigenvalue weighted by molar-refractivity contribution is -0.143. The third-order valence-electron chi connectivity index (χ3n) is 3.36. The van der Waals surface area contributed by atoms with Gasteiger partial charge in [0.15, 0.2) is 0 Å². The van der Waals surface area contributed by atoms with Crippen molar-refractivity contribution in [2.45, 2.75) is 26.1 Å². The second-order valence-corrected chi connectivity index (χ2v) is 4.89. The molecule has 4 heteroatoms. The molecule has 3 nitrogen and oxygen atoms in total. The van der Waals surface area contributed by atoms with Gasteiger partial charge in [-0.05, 0) is 18.1 Å². The van der Waals surface area contributed by atoms with Crippen molar-refractivity contribution in [3.05, 3.63) is 71.8 Å². The number of rotatable bonds is 6. The Morgan fingerprint density at radius 2 is 1.33 bits per heavy atom. The molecule has 0 aliphatic heterocycles. The lowest BCUT2D eigenvalue weighted by Gasteiger charge is -2.26. The topological polar surface area (TPSA) is 40.5 Å². The molecule has 112 valence electrons. The quantitative estimate of drug-likeness (QED) is 0.863. The summed E-state index contributed by atoms with van der Waals surface area (Å²) in [7, 11) is 0. The smallest absolute Gasteiger partial charge is 0.320 e. The maximum Gasteiger partial charge on any atom is 0.320 e. The number of benzene rings is 2. The van der Waals surface area contributed by atoms with Crippen LogP contribution in [-0.2, 0) is 17.9 Å². The molecule has 0 unspecified atom stereocenters. The van der Waals surface area contributed by atoms with Crippen molar-refractivity contribution in [1.82, 2.24) is 4.90 Å². The second kappa shape index (κ2) is 8.60. The number of hydrogen-bond donors (Lipinski definition) is 1. The minimum atomic E-state index is -0.795. The minimum absolute atomic E-state index is 0. The minimum Gasteiger partial charge on any atom is -0.480 e. The fourth-order valence-electron chi connectivity index (χ4n) is 2.12. The summed E-state index contributed by atoms with van der Waals surface area (Å²) in [5.74, 6) is -0.795. The molecule has 0 aromatic heterocycles. The number of carbonyl (C=O) groups is 1. The summed E-state index contributed by atoms with van der Waals surface area (Å²) in [6.45, 7) is 2.99. The second-order valence-electron chi connectivity index (χ2n) is 4.89. The molecule has 1 atom stereocenters. The number of carboxylic acids is 1. The van der Waals surface area contributed by atoms with Crippen molar-refractivity contribution in [3.8, 4) is 0 Å².